The number of hydrogen-bond donors (Lipinski definition) is 0. The van der Waals surface area contributed by atoms with Gasteiger partial charge < -0.3 is 0 Å². The molecule has 0 N–H and O–H groups in total. The zero-order valence-corrected chi connectivity index (χ0v) is 12.3. The molecule has 4 nitrogen and oxygen atoms in total. The van der Waals surface area contributed by atoms with Crippen molar-refractivity contribution >= 4 is 37.6 Å². The topological polar surface area (TPSA) is 47.8 Å². The molecule has 0 saturated heterocycles. The van der Waals surface area contributed by atoms with E-state index >= 15 is 0 Å². The summed E-state index contributed by atoms with van der Waals surface area (Å²) in [6.07, 6.45) is 8.83. The Balaban J connectivity index is 2.05. The van der Waals surface area contributed by atoms with Gasteiger partial charge in [-0.3, -0.25) is 9.36 Å². The van der Waals surface area contributed by atoms with Gasteiger partial charge in [-0.15, -0.1) is 0 Å². The first-order chi connectivity index (χ1) is 8.75. The molecule has 96 valence electrons. The van der Waals surface area contributed by atoms with Gasteiger partial charge in [-0.2, -0.15) is 0 Å². The van der Waals surface area contributed by atoms with Crippen molar-refractivity contribution < 1.29 is 0 Å². The molecule has 2 heterocycles. The van der Waals surface area contributed by atoms with Crippen LogP contribution in [0, 0.1) is 0 Å². The Kier molecular flexibility index (Phi) is 3.48. The zero-order valence-electron chi connectivity index (χ0n) is 9.93. The van der Waals surface area contributed by atoms with Gasteiger partial charge in [0.15, 0.2) is 14.3 Å². The van der Waals surface area contributed by atoms with Crippen LogP contribution in [0.15, 0.2) is 15.0 Å². The Morgan fingerprint density at radius 1 is 1.28 bits per heavy atom. The molecule has 0 spiro atoms. The van der Waals surface area contributed by atoms with Crippen LogP contribution in [0.4, 0.5) is 0 Å². The number of aromatic nitrogens is 3. The average Bonchev–Trinajstić information content (AvgIpc) is 2.59. The first kappa shape index (κ1) is 12.3. The highest BCUT2D eigenvalue weighted by Gasteiger charge is 2.18. The molecule has 1 aliphatic rings. The van der Waals surface area contributed by atoms with Crippen molar-refractivity contribution in [3.05, 3.63) is 20.6 Å². The fourth-order valence-electron chi connectivity index (χ4n) is 2.60. The van der Waals surface area contributed by atoms with Crippen LogP contribution in [-0.2, 0) is 0 Å². The Hall–Kier alpha value is -0.750. The number of rotatable bonds is 1. The maximum Gasteiger partial charge on any atom is 0.281 e. The van der Waals surface area contributed by atoms with Gasteiger partial charge >= 0.3 is 0 Å². The van der Waals surface area contributed by atoms with E-state index in [0.717, 1.165) is 21.6 Å². The van der Waals surface area contributed by atoms with Crippen molar-refractivity contribution in [3.8, 4) is 0 Å². The van der Waals surface area contributed by atoms with E-state index < -0.39 is 0 Å². The van der Waals surface area contributed by atoms with E-state index in [1.807, 2.05) is 0 Å². The summed E-state index contributed by atoms with van der Waals surface area (Å²) in [7, 11) is 0. The molecule has 18 heavy (non-hydrogen) atoms. The van der Waals surface area contributed by atoms with Gasteiger partial charge in [-0.1, -0.05) is 37.0 Å². The summed E-state index contributed by atoms with van der Waals surface area (Å²) in [6.45, 7) is 0. The van der Waals surface area contributed by atoms with Crippen LogP contribution >= 0.6 is 27.3 Å². The second-order valence-electron chi connectivity index (χ2n) is 4.72. The van der Waals surface area contributed by atoms with Crippen LogP contribution < -0.4 is 5.56 Å². The summed E-state index contributed by atoms with van der Waals surface area (Å²) in [6, 6.07) is 0.303. The van der Waals surface area contributed by atoms with Crippen molar-refractivity contribution in [2.75, 3.05) is 0 Å². The summed E-state index contributed by atoms with van der Waals surface area (Å²) in [5.74, 6) is 0. The van der Waals surface area contributed by atoms with Crippen molar-refractivity contribution in [1.82, 2.24) is 14.5 Å². The highest BCUT2D eigenvalue weighted by molar-refractivity contribution is 9.11. The SMILES string of the molecule is O=c1c2nc(Br)sc2ncn1C1CCCCCC1. The van der Waals surface area contributed by atoms with Gasteiger partial charge in [0, 0.05) is 6.04 Å². The molecule has 0 amide bonds. The lowest BCUT2D eigenvalue weighted by Crippen LogP contribution is -2.25. The second-order valence-corrected chi connectivity index (χ2v) is 6.98. The molecule has 2 aromatic heterocycles. The number of fused-ring (bicyclic) bond motifs is 1. The smallest absolute Gasteiger partial charge is 0.281 e. The van der Waals surface area contributed by atoms with Gasteiger partial charge in [0.05, 0.1) is 6.33 Å². The van der Waals surface area contributed by atoms with Gasteiger partial charge in [0.1, 0.15) is 0 Å². The lowest BCUT2D eigenvalue weighted by atomic mass is 10.1. The molecular formula is C12H14BrN3OS. The Morgan fingerprint density at radius 3 is 2.72 bits per heavy atom. The largest absolute Gasteiger partial charge is 0.294 e. The predicted molar refractivity (Wildman–Crippen MR) is 76.1 cm³/mol. The second kappa shape index (κ2) is 5.09. The maximum atomic E-state index is 12.4. The summed E-state index contributed by atoms with van der Waals surface area (Å²) in [5, 5.41) is 0. The first-order valence-corrected chi connectivity index (χ1v) is 7.90. The molecule has 0 aromatic carbocycles. The summed E-state index contributed by atoms with van der Waals surface area (Å²) >= 11 is 4.72. The molecule has 0 atom stereocenters. The van der Waals surface area contributed by atoms with E-state index in [2.05, 4.69) is 25.9 Å². The molecular weight excluding hydrogens is 314 g/mol. The van der Waals surface area contributed by atoms with Crippen LogP contribution in [0.5, 0.6) is 0 Å². The fourth-order valence-corrected chi connectivity index (χ4v) is 3.86. The number of thiazole rings is 1. The summed E-state index contributed by atoms with van der Waals surface area (Å²) in [5.41, 5.74) is 0.507. The molecule has 0 unspecified atom stereocenters. The molecule has 1 saturated carbocycles. The molecule has 1 fully saturated rings. The minimum Gasteiger partial charge on any atom is -0.294 e. The van der Waals surface area contributed by atoms with Crippen LogP contribution in [-0.4, -0.2) is 14.5 Å². The van der Waals surface area contributed by atoms with E-state index in [0.29, 0.717) is 11.6 Å². The van der Waals surface area contributed by atoms with Crippen LogP contribution in [0.25, 0.3) is 10.3 Å². The highest BCUT2D eigenvalue weighted by atomic mass is 79.9. The minimum atomic E-state index is 0.00819. The number of hydrogen-bond acceptors (Lipinski definition) is 4. The third kappa shape index (κ3) is 2.23. The van der Waals surface area contributed by atoms with Crippen LogP contribution in [0.1, 0.15) is 44.6 Å². The quantitative estimate of drug-likeness (QED) is 0.753. The van der Waals surface area contributed by atoms with E-state index in [1.54, 1.807) is 10.9 Å². The third-order valence-corrected chi connectivity index (χ3v) is 4.95. The van der Waals surface area contributed by atoms with Crippen LogP contribution in [0.3, 0.4) is 0 Å². The van der Waals surface area contributed by atoms with Gasteiger partial charge in [0.2, 0.25) is 0 Å². The fraction of sp³-hybridized carbons (Fsp3) is 0.583. The predicted octanol–water partition coefficient (Wildman–Crippen LogP) is 3.51. The van der Waals surface area contributed by atoms with Crippen molar-refractivity contribution in [2.24, 2.45) is 0 Å². The summed E-state index contributed by atoms with van der Waals surface area (Å²) in [4.78, 5) is 21.7. The average molecular weight is 328 g/mol. The van der Waals surface area contributed by atoms with E-state index in [4.69, 9.17) is 0 Å². The van der Waals surface area contributed by atoms with Gasteiger partial charge in [0.25, 0.3) is 5.56 Å². The van der Waals surface area contributed by atoms with Gasteiger partial charge in [-0.05, 0) is 28.8 Å². The molecule has 3 rings (SSSR count). The Morgan fingerprint density at radius 2 is 2.00 bits per heavy atom. The first-order valence-electron chi connectivity index (χ1n) is 6.29. The number of nitrogens with zero attached hydrogens (tertiary/aromatic N) is 3. The standard InChI is InChI=1S/C12H14BrN3OS/c13-12-15-9-10(18-12)14-7-16(11(9)17)8-5-3-1-2-4-6-8/h7-8H,1-6H2. The lowest BCUT2D eigenvalue weighted by Gasteiger charge is -2.16. The maximum absolute atomic E-state index is 12.4. The van der Waals surface area contributed by atoms with E-state index in [-0.39, 0.29) is 5.56 Å². The third-order valence-electron chi connectivity index (χ3n) is 3.54. The molecule has 0 aliphatic heterocycles. The number of halogens is 1. The highest BCUT2D eigenvalue weighted by Crippen LogP contribution is 2.27. The normalized spacial score (nSPS) is 18.1. The van der Waals surface area contributed by atoms with E-state index in [1.165, 1.54) is 37.0 Å². The lowest BCUT2D eigenvalue weighted by molar-refractivity contribution is 0.429. The minimum absolute atomic E-state index is 0.00819. The van der Waals surface area contributed by atoms with Crippen molar-refractivity contribution in [2.45, 2.75) is 44.6 Å². The van der Waals surface area contributed by atoms with E-state index in [9.17, 15) is 4.79 Å². The van der Waals surface area contributed by atoms with Crippen molar-refractivity contribution in [1.29, 1.82) is 0 Å². The van der Waals surface area contributed by atoms with Crippen molar-refractivity contribution in [3.63, 3.8) is 0 Å². The Labute approximate surface area is 117 Å². The Bertz CT molecular complexity index is 613. The monoisotopic (exact) mass is 327 g/mol. The van der Waals surface area contributed by atoms with Gasteiger partial charge in [-0.25, -0.2) is 9.97 Å². The molecule has 0 radical (unpaired) electrons. The molecule has 0 bridgehead atoms. The molecule has 2 aromatic rings. The molecule has 1 aliphatic carbocycles. The summed E-state index contributed by atoms with van der Waals surface area (Å²) < 4.78 is 2.51. The zero-order chi connectivity index (χ0) is 12.5. The molecule has 6 heteroatoms. The van der Waals surface area contributed by atoms with Crippen LogP contribution in [0.2, 0.25) is 0 Å².